The number of nitrogens with one attached hydrogen (secondary N) is 1. The van der Waals surface area contributed by atoms with Gasteiger partial charge < -0.3 is 45.4 Å². The van der Waals surface area contributed by atoms with Gasteiger partial charge in [0.05, 0.1) is 36.3 Å². The molecule has 296 valence electrons. The molecule has 3 aromatic heterocycles. The van der Waals surface area contributed by atoms with Crippen molar-refractivity contribution in [2.45, 2.75) is 88.7 Å². The van der Waals surface area contributed by atoms with Crippen LogP contribution in [0.25, 0.3) is 22.2 Å². The number of phenolic OH excluding ortho intramolecular Hbond substituents is 1. The number of pyridine rings is 2. The van der Waals surface area contributed by atoms with E-state index in [-0.39, 0.29) is 34.2 Å². The fourth-order valence-corrected chi connectivity index (χ4v) is 9.31. The number of nitrogen functional groups attached to an aromatic ring is 2. The number of benzene rings is 1. The molecule has 0 radical (unpaired) electrons. The lowest BCUT2D eigenvalue weighted by Gasteiger charge is -2.45. The third kappa shape index (κ3) is 6.69. The number of hydrogen-bond donors (Lipinski definition) is 4. The molecule has 0 aliphatic carbocycles. The summed E-state index contributed by atoms with van der Waals surface area (Å²) in [6.45, 7) is 7.40. The first-order chi connectivity index (χ1) is 27.3. The fraction of sp³-hybridized carbons (Fsp3) is 0.419. The molecule has 57 heavy (non-hydrogen) atoms. The first kappa shape index (κ1) is 36.9. The zero-order valence-corrected chi connectivity index (χ0v) is 32.5. The van der Waals surface area contributed by atoms with Crippen LogP contribution >= 0.6 is 0 Å². The maximum absolute atomic E-state index is 14.4. The Morgan fingerprint density at radius 3 is 2.70 bits per heavy atom. The summed E-state index contributed by atoms with van der Waals surface area (Å²) in [5.41, 5.74) is 16.3. The van der Waals surface area contributed by atoms with Crippen LogP contribution in [0.1, 0.15) is 68.0 Å². The van der Waals surface area contributed by atoms with Crippen molar-refractivity contribution in [1.82, 2.24) is 20.2 Å². The van der Waals surface area contributed by atoms with Gasteiger partial charge >= 0.3 is 5.97 Å². The van der Waals surface area contributed by atoms with Crippen LogP contribution in [0.5, 0.6) is 11.5 Å². The van der Waals surface area contributed by atoms with Crippen LogP contribution in [0, 0.1) is 12.8 Å². The number of fused-ring (bicyclic) bond motifs is 5. The molecule has 6 N–H and O–H groups in total. The molecule has 2 saturated heterocycles. The van der Waals surface area contributed by atoms with E-state index in [9.17, 15) is 14.7 Å². The van der Waals surface area contributed by atoms with Crippen molar-refractivity contribution in [3.8, 4) is 22.8 Å². The van der Waals surface area contributed by atoms with Crippen molar-refractivity contribution in [2.24, 2.45) is 10.9 Å². The van der Waals surface area contributed by atoms with Crippen LogP contribution in [0.15, 0.2) is 74.7 Å². The summed E-state index contributed by atoms with van der Waals surface area (Å²) in [6, 6.07) is 10.7. The van der Waals surface area contributed by atoms with Gasteiger partial charge in [0.15, 0.2) is 11.0 Å². The zero-order chi connectivity index (χ0) is 39.8. The Bertz CT molecular complexity index is 2470. The number of anilines is 2. The molecule has 8 heterocycles. The molecule has 0 bridgehead atoms. The minimum absolute atomic E-state index is 0.0862. The third-order valence-electron chi connectivity index (χ3n) is 12.0. The number of nitrogens with zero attached hydrogens (tertiary/aromatic N) is 4. The highest BCUT2D eigenvalue weighted by Gasteiger charge is 2.65. The number of carbonyl (C=O) groups excluding carboxylic acids is 1. The van der Waals surface area contributed by atoms with Gasteiger partial charge in [-0.15, -0.1) is 0 Å². The molecule has 9 rings (SSSR count). The molecule has 0 unspecified atom stereocenters. The number of rotatable bonds is 8. The van der Waals surface area contributed by atoms with E-state index in [4.69, 9.17) is 30.1 Å². The number of epoxide rings is 1. The van der Waals surface area contributed by atoms with Crippen LogP contribution in [-0.4, -0.2) is 75.2 Å². The minimum Gasteiger partial charge on any atom is -0.507 e. The Morgan fingerprint density at radius 2 is 1.89 bits per heavy atom. The average molecular weight is 774 g/mol. The standard InChI is InChI=1S/C43H47N7O7/c1-22-11-31(51)38-32(54-22)17-33-37(39(38)52)28-12-24(18-46-4)7-9-43(41(53)55-40(28)42(2,3)56-33)34(57-43)6-5-23-13-29(49-35(44)14-23)26-15-27(48-36(45)16-26)20-50-19-25-8-10-47-30(25)21-50/h8,10-11,13-17,19,24,28,34,40,46,52H,5-7,9,12,18,20-21H2,1-4H3,(H2,44,49)(H2,45,48)/t24-,28-,34-,40-,43+/m1/s1. The summed E-state index contributed by atoms with van der Waals surface area (Å²) in [4.78, 5) is 43.3. The molecule has 14 nitrogen and oxygen atoms in total. The molecule has 1 spiro atoms. The second kappa shape index (κ2) is 13.7. The average Bonchev–Trinajstić information content (AvgIpc) is 3.44. The number of aliphatic imine (C=N–C) groups is 1. The maximum atomic E-state index is 14.4. The first-order valence-electron chi connectivity index (χ1n) is 19.6. The molecule has 5 aliphatic heterocycles. The van der Waals surface area contributed by atoms with Crippen molar-refractivity contribution in [2.75, 3.05) is 31.6 Å². The van der Waals surface area contributed by atoms with Crippen LogP contribution in [0.3, 0.4) is 0 Å². The molecule has 1 aromatic carbocycles. The number of aryl methyl sites for hydroxylation is 2. The lowest BCUT2D eigenvalue weighted by Crippen LogP contribution is -2.52. The minimum atomic E-state index is -1.12. The number of aromatic hydroxyl groups is 1. The number of esters is 1. The van der Waals surface area contributed by atoms with Crippen molar-refractivity contribution >= 4 is 34.3 Å². The Balaban J connectivity index is 0.953. The highest BCUT2D eigenvalue weighted by atomic mass is 16.7. The van der Waals surface area contributed by atoms with E-state index in [1.54, 1.807) is 19.1 Å². The van der Waals surface area contributed by atoms with Gasteiger partial charge in [-0.1, -0.05) is 0 Å². The van der Waals surface area contributed by atoms with Crippen LogP contribution in [-0.2, 0) is 27.2 Å². The molecule has 5 aliphatic rings. The Labute approximate surface area is 329 Å². The highest BCUT2D eigenvalue weighted by molar-refractivity contribution is 6.07. The topological polar surface area (TPSA) is 204 Å². The van der Waals surface area contributed by atoms with Crippen molar-refractivity contribution in [1.29, 1.82) is 0 Å². The largest absolute Gasteiger partial charge is 0.507 e. The molecule has 5 atom stereocenters. The summed E-state index contributed by atoms with van der Waals surface area (Å²) in [6.07, 6.45) is 7.63. The van der Waals surface area contributed by atoms with Crippen LogP contribution in [0.4, 0.5) is 11.6 Å². The highest BCUT2D eigenvalue weighted by Crippen LogP contribution is 2.54. The van der Waals surface area contributed by atoms with Gasteiger partial charge in [-0.05, 0) is 108 Å². The quantitative estimate of drug-likeness (QED) is 0.137. The van der Waals surface area contributed by atoms with Gasteiger partial charge in [0.25, 0.3) is 0 Å². The summed E-state index contributed by atoms with van der Waals surface area (Å²) in [5, 5.41) is 15.1. The van der Waals surface area contributed by atoms with E-state index >= 15 is 0 Å². The lowest BCUT2D eigenvalue weighted by atomic mass is 9.75. The van der Waals surface area contributed by atoms with Crippen LogP contribution in [0.2, 0.25) is 0 Å². The zero-order valence-electron chi connectivity index (χ0n) is 32.5. The molecule has 0 saturated carbocycles. The predicted molar refractivity (Wildman–Crippen MR) is 215 cm³/mol. The number of hydrogen-bond acceptors (Lipinski definition) is 14. The van der Waals surface area contributed by atoms with Gasteiger partial charge in [-0.2, -0.15) is 0 Å². The van der Waals surface area contributed by atoms with E-state index < -0.39 is 29.2 Å². The molecule has 14 heteroatoms. The Kier molecular flexibility index (Phi) is 8.89. The number of nitrogens with two attached hydrogens (primary N) is 2. The molecular formula is C43H47N7O7. The van der Waals surface area contributed by atoms with Crippen molar-refractivity contribution < 1.29 is 28.5 Å². The predicted octanol–water partition coefficient (Wildman–Crippen LogP) is 5.05. The van der Waals surface area contributed by atoms with E-state index in [0.717, 1.165) is 28.1 Å². The number of phenols is 1. The second-order valence-electron chi connectivity index (χ2n) is 16.5. The van der Waals surface area contributed by atoms with Crippen LogP contribution < -0.4 is 26.9 Å². The molecule has 2 fully saturated rings. The van der Waals surface area contributed by atoms with Gasteiger partial charge in [-0.25, -0.2) is 14.8 Å². The first-order valence-corrected chi connectivity index (χ1v) is 19.6. The third-order valence-corrected chi connectivity index (χ3v) is 12.0. The Morgan fingerprint density at radius 1 is 1.07 bits per heavy atom. The molecular weight excluding hydrogens is 727 g/mol. The fourth-order valence-electron chi connectivity index (χ4n) is 9.31. The second-order valence-corrected chi connectivity index (χ2v) is 16.5. The van der Waals surface area contributed by atoms with Crippen molar-refractivity contribution in [3.05, 3.63) is 93.3 Å². The van der Waals surface area contributed by atoms with E-state index in [1.165, 1.54) is 6.07 Å². The van der Waals surface area contributed by atoms with E-state index in [0.29, 0.717) is 86.1 Å². The SMILES string of the molecule is CNC[C@@H]1CC[C@@]2(O[C@@H]2CCc2cc(N)nc(-c3cc(N)nc(CN4C=C5C=CN=C5C4)c3)c2)C(=O)O[C@@H]2[C@H](C1)c1c(cc3oc(C)cc(=O)c3c1O)OC2(C)C. The number of aromatic nitrogens is 2. The molecule has 4 aromatic rings. The number of allylic oxidation sites excluding steroid dienone is 1. The monoisotopic (exact) mass is 773 g/mol. The van der Waals surface area contributed by atoms with E-state index in [1.807, 2.05) is 51.4 Å². The Hall–Kier alpha value is -5.73. The normalized spacial score (nSPS) is 25.8. The number of carbonyl (C=O) groups is 1. The summed E-state index contributed by atoms with van der Waals surface area (Å²) < 4.78 is 25.1. The van der Waals surface area contributed by atoms with Gasteiger partial charge in [0.1, 0.15) is 51.6 Å². The number of ether oxygens (including phenoxy) is 3. The smallest absolute Gasteiger partial charge is 0.341 e. The van der Waals surface area contributed by atoms with Gasteiger partial charge in [-0.3, -0.25) is 9.79 Å². The molecule has 0 amide bonds. The van der Waals surface area contributed by atoms with E-state index in [2.05, 4.69) is 31.4 Å². The summed E-state index contributed by atoms with van der Waals surface area (Å²) in [7, 11) is 1.90. The van der Waals surface area contributed by atoms with Gasteiger partial charge in [0, 0.05) is 47.2 Å². The lowest BCUT2D eigenvalue weighted by molar-refractivity contribution is -0.170. The van der Waals surface area contributed by atoms with Crippen molar-refractivity contribution in [3.63, 3.8) is 0 Å². The summed E-state index contributed by atoms with van der Waals surface area (Å²) >= 11 is 0. The van der Waals surface area contributed by atoms with Gasteiger partial charge in [0.2, 0.25) is 0 Å². The summed E-state index contributed by atoms with van der Waals surface area (Å²) in [5.74, 6) is 0.602. The maximum Gasteiger partial charge on any atom is 0.341 e.